The maximum atomic E-state index is 12.9. The third-order valence-electron chi connectivity index (χ3n) is 4.20. The number of hydrogen-bond acceptors (Lipinski definition) is 2. The molecule has 21 heavy (non-hydrogen) atoms. The summed E-state index contributed by atoms with van der Waals surface area (Å²) in [5.41, 5.74) is 4.12. The van der Waals surface area contributed by atoms with Crippen molar-refractivity contribution in [3.63, 3.8) is 0 Å². The van der Waals surface area contributed by atoms with E-state index in [9.17, 15) is 4.79 Å². The quantitative estimate of drug-likeness (QED) is 0.729. The van der Waals surface area contributed by atoms with Crippen LogP contribution in [0.5, 0.6) is 0 Å². The Morgan fingerprint density at radius 1 is 1.29 bits per heavy atom. The first-order chi connectivity index (χ1) is 10.2. The predicted octanol–water partition coefficient (Wildman–Crippen LogP) is 3.74. The van der Waals surface area contributed by atoms with Crippen LogP contribution in [0.3, 0.4) is 0 Å². The van der Waals surface area contributed by atoms with E-state index in [2.05, 4.69) is 16.4 Å². The Morgan fingerprint density at radius 2 is 2.14 bits per heavy atom. The number of aromatic nitrogens is 1. The van der Waals surface area contributed by atoms with Crippen LogP contribution in [-0.2, 0) is 13.0 Å². The number of benzene rings is 1. The molecular weight excluding hydrogens is 280 g/mol. The van der Waals surface area contributed by atoms with Gasteiger partial charge in [0.15, 0.2) is 0 Å². The molecule has 0 fully saturated rings. The Balaban J connectivity index is 1.73. The molecule has 4 heteroatoms. The second-order valence-corrected chi connectivity index (χ2v) is 6.52. The molecule has 1 aliphatic heterocycles. The zero-order chi connectivity index (χ0) is 14.4. The van der Waals surface area contributed by atoms with Gasteiger partial charge in [-0.3, -0.25) is 4.79 Å². The molecule has 1 N–H and O–H groups in total. The first-order valence-corrected chi connectivity index (χ1v) is 8.04. The minimum atomic E-state index is 0.141. The van der Waals surface area contributed by atoms with Crippen LogP contribution in [0, 0.1) is 6.92 Å². The number of aryl methyl sites for hydroxylation is 1. The maximum absolute atomic E-state index is 12.9. The molecule has 1 aliphatic rings. The summed E-state index contributed by atoms with van der Waals surface area (Å²) in [4.78, 5) is 19.6. The minimum Gasteiger partial charge on any atom is -0.358 e. The van der Waals surface area contributed by atoms with E-state index < -0.39 is 0 Å². The molecule has 2 aromatic heterocycles. The zero-order valence-electron chi connectivity index (χ0n) is 11.8. The smallest absolute Gasteiger partial charge is 0.256 e. The van der Waals surface area contributed by atoms with Gasteiger partial charge in [-0.15, -0.1) is 11.3 Å². The molecule has 4 rings (SSSR count). The topological polar surface area (TPSA) is 36.1 Å². The van der Waals surface area contributed by atoms with Crippen LogP contribution in [0.2, 0.25) is 0 Å². The van der Waals surface area contributed by atoms with Gasteiger partial charge in [0.2, 0.25) is 0 Å². The van der Waals surface area contributed by atoms with Crippen molar-refractivity contribution in [1.29, 1.82) is 0 Å². The van der Waals surface area contributed by atoms with Crippen LogP contribution in [0.15, 0.2) is 35.7 Å². The van der Waals surface area contributed by atoms with Crippen LogP contribution < -0.4 is 0 Å². The number of nitrogens with one attached hydrogen (secondary N) is 1. The summed E-state index contributed by atoms with van der Waals surface area (Å²) in [5.74, 6) is 0.141. The van der Waals surface area contributed by atoms with E-state index in [1.807, 2.05) is 36.1 Å². The van der Waals surface area contributed by atoms with Crippen molar-refractivity contribution >= 4 is 28.1 Å². The number of carbonyl (C=O) groups is 1. The molecule has 0 radical (unpaired) electrons. The summed E-state index contributed by atoms with van der Waals surface area (Å²) >= 11 is 1.80. The molecule has 0 saturated heterocycles. The van der Waals surface area contributed by atoms with Gasteiger partial charge in [0, 0.05) is 34.6 Å². The fraction of sp³-hybridized carbons (Fsp3) is 0.235. The first-order valence-electron chi connectivity index (χ1n) is 7.16. The minimum absolute atomic E-state index is 0.141. The average molecular weight is 296 g/mol. The Morgan fingerprint density at radius 3 is 3.05 bits per heavy atom. The summed E-state index contributed by atoms with van der Waals surface area (Å²) in [5, 5.41) is 3.14. The highest BCUT2D eigenvalue weighted by Crippen LogP contribution is 2.28. The zero-order valence-corrected chi connectivity index (χ0v) is 12.7. The van der Waals surface area contributed by atoms with E-state index in [1.54, 1.807) is 11.3 Å². The predicted molar refractivity (Wildman–Crippen MR) is 85.8 cm³/mol. The van der Waals surface area contributed by atoms with Crippen molar-refractivity contribution in [2.24, 2.45) is 0 Å². The standard InChI is InChI=1S/C17H16N2OS/c1-11-16(13-4-2-3-5-14(13)18-11)17(20)19-8-6-15-12(10-19)7-9-21-15/h2-5,7,9,18H,6,8,10H2,1H3. The van der Waals surface area contributed by atoms with Crippen LogP contribution in [0.1, 0.15) is 26.5 Å². The molecule has 0 unspecified atom stereocenters. The van der Waals surface area contributed by atoms with E-state index in [4.69, 9.17) is 0 Å². The van der Waals surface area contributed by atoms with Gasteiger partial charge in [0.1, 0.15) is 0 Å². The van der Waals surface area contributed by atoms with E-state index in [0.29, 0.717) is 0 Å². The number of nitrogens with zero attached hydrogens (tertiary/aromatic N) is 1. The van der Waals surface area contributed by atoms with Crippen molar-refractivity contribution in [2.45, 2.75) is 19.9 Å². The number of amides is 1. The number of H-pyrrole nitrogens is 1. The van der Waals surface area contributed by atoms with Gasteiger partial charge in [0.05, 0.1) is 5.56 Å². The first kappa shape index (κ1) is 12.7. The molecule has 3 nitrogen and oxygen atoms in total. The van der Waals surface area contributed by atoms with Crippen molar-refractivity contribution in [2.75, 3.05) is 6.54 Å². The summed E-state index contributed by atoms with van der Waals surface area (Å²) in [6.07, 6.45) is 0.972. The fourth-order valence-corrected chi connectivity index (χ4v) is 4.02. The van der Waals surface area contributed by atoms with Gasteiger partial charge >= 0.3 is 0 Å². The SMILES string of the molecule is Cc1[nH]c2ccccc2c1C(=O)N1CCc2sccc2C1. The van der Waals surface area contributed by atoms with Crippen LogP contribution in [0.25, 0.3) is 10.9 Å². The van der Waals surface area contributed by atoms with E-state index in [0.717, 1.165) is 41.7 Å². The largest absolute Gasteiger partial charge is 0.358 e. The monoisotopic (exact) mass is 296 g/mol. The van der Waals surface area contributed by atoms with Gasteiger partial charge in [-0.1, -0.05) is 18.2 Å². The third kappa shape index (κ3) is 1.98. The Labute approximate surface area is 127 Å². The normalized spacial score (nSPS) is 14.4. The number of carbonyl (C=O) groups excluding carboxylic acids is 1. The van der Waals surface area contributed by atoms with Crippen LogP contribution >= 0.6 is 11.3 Å². The molecule has 0 bridgehead atoms. The third-order valence-corrected chi connectivity index (χ3v) is 5.23. The number of para-hydroxylation sites is 1. The summed E-state index contributed by atoms with van der Waals surface area (Å²) < 4.78 is 0. The van der Waals surface area contributed by atoms with Crippen molar-refractivity contribution < 1.29 is 4.79 Å². The maximum Gasteiger partial charge on any atom is 0.256 e. The fourth-order valence-electron chi connectivity index (χ4n) is 3.13. The molecule has 0 aliphatic carbocycles. The highest BCUT2D eigenvalue weighted by atomic mass is 32.1. The highest BCUT2D eigenvalue weighted by Gasteiger charge is 2.25. The van der Waals surface area contributed by atoms with E-state index in [1.165, 1.54) is 10.4 Å². The number of rotatable bonds is 1. The highest BCUT2D eigenvalue weighted by molar-refractivity contribution is 7.10. The van der Waals surface area contributed by atoms with Crippen molar-refractivity contribution in [3.05, 3.63) is 57.4 Å². The van der Waals surface area contributed by atoms with Crippen molar-refractivity contribution in [1.82, 2.24) is 9.88 Å². The van der Waals surface area contributed by atoms with E-state index >= 15 is 0 Å². The van der Waals surface area contributed by atoms with Gasteiger partial charge in [-0.25, -0.2) is 0 Å². The van der Waals surface area contributed by atoms with Crippen molar-refractivity contribution in [3.8, 4) is 0 Å². The lowest BCUT2D eigenvalue weighted by molar-refractivity contribution is 0.0737. The lowest BCUT2D eigenvalue weighted by atomic mass is 10.1. The number of thiophene rings is 1. The molecule has 3 heterocycles. The molecule has 0 saturated carbocycles. The average Bonchev–Trinajstić information content (AvgIpc) is 3.08. The van der Waals surface area contributed by atoms with Crippen LogP contribution in [-0.4, -0.2) is 22.3 Å². The lowest BCUT2D eigenvalue weighted by Crippen LogP contribution is -2.35. The molecule has 0 atom stereocenters. The van der Waals surface area contributed by atoms with Gasteiger partial charge in [-0.05, 0) is 36.4 Å². The lowest BCUT2D eigenvalue weighted by Gasteiger charge is -2.27. The van der Waals surface area contributed by atoms with Gasteiger partial charge in [-0.2, -0.15) is 0 Å². The summed E-state index contributed by atoms with van der Waals surface area (Å²) in [7, 11) is 0. The second-order valence-electron chi connectivity index (χ2n) is 5.52. The summed E-state index contributed by atoms with van der Waals surface area (Å²) in [6.45, 7) is 3.52. The van der Waals surface area contributed by atoms with Gasteiger partial charge in [0.25, 0.3) is 5.91 Å². The van der Waals surface area contributed by atoms with Crippen LogP contribution in [0.4, 0.5) is 0 Å². The second kappa shape index (κ2) is 4.74. The molecule has 1 amide bonds. The molecule has 3 aromatic rings. The Kier molecular flexibility index (Phi) is 2.86. The number of hydrogen-bond donors (Lipinski definition) is 1. The summed E-state index contributed by atoms with van der Waals surface area (Å²) in [6, 6.07) is 10.2. The molecule has 1 aromatic carbocycles. The Hall–Kier alpha value is -2.07. The molecular formula is C17H16N2OS. The molecule has 106 valence electrons. The van der Waals surface area contributed by atoms with Gasteiger partial charge < -0.3 is 9.88 Å². The number of aromatic amines is 1. The Bertz CT molecular complexity index is 830. The molecule has 0 spiro atoms. The van der Waals surface area contributed by atoms with E-state index in [-0.39, 0.29) is 5.91 Å². The number of fused-ring (bicyclic) bond motifs is 2.